The maximum absolute atomic E-state index is 12.4. The molecule has 1 aliphatic carbocycles. The Morgan fingerprint density at radius 3 is 2.73 bits per heavy atom. The fourth-order valence-corrected chi connectivity index (χ4v) is 2.87. The number of carbonyl (C=O) groups is 1. The molecular formula is C16H17ClN2O3. The number of rotatable bonds is 3. The molecule has 5 nitrogen and oxygen atoms in total. The molecule has 1 aromatic heterocycles. The lowest BCUT2D eigenvalue weighted by molar-refractivity contribution is 0.0717. The number of halogens is 1. The van der Waals surface area contributed by atoms with Crippen molar-refractivity contribution >= 4 is 17.5 Å². The summed E-state index contributed by atoms with van der Waals surface area (Å²) in [4.78, 5) is 12.4. The molecule has 22 heavy (non-hydrogen) atoms. The Balaban J connectivity index is 1.79. The second kappa shape index (κ2) is 6.50. The van der Waals surface area contributed by atoms with E-state index in [0.717, 1.165) is 31.2 Å². The van der Waals surface area contributed by atoms with Crippen molar-refractivity contribution in [2.24, 2.45) is 0 Å². The van der Waals surface area contributed by atoms with Gasteiger partial charge in [-0.25, -0.2) is 0 Å². The standard InChI is InChI=1S/C16H17ClN2O3/c17-11-7-5-10(6-8-11)15-12(9-22-19-15)16(21)18-13-3-1-2-4-14(13)20/h5-9,13-14,20H,1-4H2,(H,18,21). The zero-order chi connectivity index (χ0) is 15.5. The Morgan fingerprint density at radius 1 is 1.27 bits per heavy atom. The van der Waals surface area contributed by atoms with E-state index in [2.05, 4.69) is 10.5 Å². The first-order valence-corrected chi connectivity index (χ1v) is 7.72. The van der Waals surface area contributed by atoms with Crippen molar-refractivity contribution < 1.29 is 14.4 Å². The van der Waals surface area contributed by atoms with E-state index in [0.29, 0.717) is 16.3 Å². The predicted octanol–water partition coefficient (Wildman–Crippen LogP) is 3.03. The largest absolute Gasteiger partial charge is 0.391 e. The highest BCUT2D eigenvalue weighted by Gasteiger charge is 2.26. The van der Waals surface area contributed by atoms with E-state index >= 15 is 0 Å². The van der Waals surface area contributed by atoms with E-state index in [1.54, 1.807) is 24.3 Å². The molecule has 2 unspecified atom stereocenters. The van der Waals surface area contributed by atoms with Crippen molar-refractivity contribution in [3.05, 3.63) is 41.1 Å². The van der Waals surface area contributed by atoms with Crippen molar-refractivity contribution in [2.75, 3.05) is 0 Å². The van der Waals surface area contributed by atoms with Gasteiger partial charge in [0, 0.05) is 10.6 Å². The maximum atomic E-state index is 12.4. The number of carbonyl (C=O) groups excluding carboxylic acids is 1. The lowest BCUT2D eigenvalue weighted by Gasteiger charge is -2.28. The lowest BCUT2D eigenvalue weighted by atomic mass is 9.92. The van der Waals surface area contributed by atoms with Gasteiger partial charge in [-0.2, -0.15) is 0 Å². The molecule has 0 bridgehead atoms. The van der Waals surface area contributed by atoms with E-state index in [9.17, 15) is 9.90 Å². The Morgan fingerprint density at radius 2 is 2.00 bits per heavy atom. The third-order valence-corrected chi connectivity index (χ3v) is 4.23. The summed E-state index contributed by atoms with van der Waals surface area (Å²) in [6.45, 7) is 0. The monoisotopic (exact) mass is 320 g/mol. The van der Waals surface area contributed by atoms with Crippen LogP contribution in [0.2, 0.25) is 5.02 Å². The lowest BCUT2D eigenvalue weighted by Crippen LogP contribution is -2.45. The van der Waals surface area contributed by atoms with E-state index in [4.69, 9.17) is 16.1 Å². The van der Waals surface area contributed by atoms with E-state index in [1.165, 1.54) is 6.26 Å². The molecule has 3 rings (SSSR count). The Hall–Kier alpha value is -1.85. The molecule has 0 radical (unpaired) electrons. The van der Waals surface area contributed by atoms with Crippen molar-refractivity contribution in [3.8, 4) is 11.3 Å². The van der Waals surface area contributed by atoms with Gasteiger partial charge in [-0.3, -0.25) is 4.79 Å². The number of hydrogen-bond donors (Lipinski definition) is 2. The quantitative estimate of drug-likeness (QED) is 0.911. The summed E-state index contributed by atoms with van der Waals surface area (Å²) in [5.41, 5.74) is 1.59. The molecule has 2 atom stereocenters. The molecule has 1 aromatic carbocycles. The molecule has 1 amide bonds. The fraction of sp³-hybridized carbons (Fsp3) is 0.375. The SMILES string of the molecule is O=C(NC1CCCCC1O)c1conc1-c1ccc(Cl)cc1. The number of aliphatic hydroxyl groups is 1. The number of aromatic nitrogens is 1. The third kappa shape index (κ3) is 3.15. The zero-order valence-electron chi connectivity index (χ0n) is 12.0. The number of aliphatic hydroxyl groups excluding tert-OH is 1. The van der Waals surface area contributed by atoms with Crippen LogP contribution < -0.4 is 5.32 Å². The molecule has 0 saturated heterocycles. The number of hydrogen-bond acceptors (Lipinski definition) is 4. The van der Waals surface area contributed by atoms with Crippen LogP contribution in [0.1, 0.15) is 36.0 Å². The minimum absolute atomic E-state index is 0.214. The molecule has 1 fully saturated rings. The summed E-state index contributed by atoms with van der Waals surface area (Å²) >= 11 is 5.87. The Labute approximate surface area is 133 Å². The molecule has 6 heteroatoms. The second-order valence-electron chi connectivity index (χ2n) is 5.52. The molecule has 116 valence electrons. The Kier molecular flexibility index (Phi) is 4.45. The summed E-state index contributed by atoms with van der Waals surface area (Å²) in [5.74, 6) is -0.280. The molecule has 2 aromatic rings. The molecule has 1 saturated carbocycles. The number of nitrogens with one attached hydrogen (secondary N) is 1. The van der Waals surface area contributed by atoms with E-state index < -0.39 is 6.10 Å². The first-order valence-electron chi connectivity index (χ1n) is 7.34. The zero-order valence-corrected chi connectivity index (χ0v) is 12.7. The van der Waals surface area contributed by atoms with Crippen LogP contribution in [0.3, 0.4) is 0 Å². The van der Waals surface area contributed by atoms with Crippen LogP contribution in [0.15, 0.2) is 35.1 Å². The fourth-order valence-electron chi connectivity index (χ4n) is 2.74. The summed E-state index contributed by atoms with van der Waals surface area (Å²) in [5, 5.41) is 17.4. The molecule has 1 heterocycles. The predicted molar refractivity (Wildman–Crippen MR) is 82.7 cm³/mol. The maximum Gasteiger partial charge on any atom is 0.257 e. The topological polar surface area (TPSA) is 75.4 Å². The van der Waals surface area contributed by atoms with Crippen LogP contribution in [-0.2, 0) is 0 Å². The average molecular weight is 321 g/mol. The van der Waals surface area contributed by atoms with Crippen LogP contribution in [0.4, 0.5) is 0 Å². The van der Waals surface area contributed by atoms with Gasteiger partial charge in [0.05, 0.1) is 12.1 Å². The summed E-state index contributed by atoms with van der Waals surface area (Å²) in [7, 11) is 0. The van der Waals surface area contributed by atoms with Gasteiger partial charge in [0.25, 0.3) is 5.91 Å². The van der Waals surface area contributed by atoms with E-state index in [1.807, 2.05) is 0 Å². The summed E-state index contributed by atoms with van der Waals surface area (Å²) in [6, 6.07) is 6.82. The van der Waals surface area contributed by atoms with Gasteiger partial charge in [0.15, 0.2) is 0 Å². The van der Waals surface area contributed by atoms with Gasteiger partial charge in [-0.15, -0.1) is 0 Å². The average Bonchev–Trinajstić information content (AvgIpc) is 3.00. The summed E-state index contributed by atoms with van der Waals surface area (Å²) < 4.78 is 4.96. The second-order valence-corrected chi connectivity index (χ2v) is 5.95. The minimum atomic E-state index is -0.489. The van der Waals surface area contributed by atoms with Crippen LogP contribution in [0.5, 0.6) is 0 Å². The summed E-state index contributed by atoms with van der Waals surface area (Å²) in [6.07, 6.45) is 4.35. The van der Waals surface area contributed by atoms with Gasteiger partial charge in [0.2, 0.25) is 0 Å². The van der Waals surface area contributed by atoms with Gasteiger partial charge < -0.3 is 14.9 Å². The highest BCUT2D eigenvalue weighted by Crippen LogP contribution is 2.25. The first-order chi connectivity index (χ1) is 10.6. The number of benzene rings is 1. The molecule has 2 N–H and O–H groups in total. The highest BCUT2D eigenvalue weighted by molar-refractivity contribution is 6.30. The molecular weight excluding hydrogens is 304 g/mol. The normalized spacial score (nSPS) is 21.5. The van der Waals surface area contributed by atoms with Crippen molar-refractivity contribution in [2.45, 2.75) is 37.8 Å². The van der Waals surface area contributed by atoms with Gasteiger partial charge in [-0.05, 0) is 25.0 Å². The van der Waals surface area contributed by atoms with Crippen LogP contribution in [-0.4, -0.2) is 28.3 Å². The molecule has 0 spiro atoms. The van der Waals surface area contributed by atoms with E-state index in [-0.39, 0.29) is 11.9 Å². The van der Waals surface area contributed by atoms with Crippen molar-refractivity contribution in [3.63, 3.8) is 0 Å². The van der Waals surface area contributed by atoms with Crippen LogP contribution in [0.25, 0.3) is 11.3 Å². The number of nitrogens with zero attached hydrogens (tertiary/aromatic N) is 1. The number of amides is 1. The van der Waals surface area contributed by atoms with Crippen LogP contribution >= 0.6 is 11.6 Å². The molecule has 0 aliphatic heterocycles. The van der Waals surface area contributed by atoms with Crippen molar-refractivity contribution in [1.29, 1.82) is 0 Å². The van der Waals surface area contributed by atoms with Gasteiger partial charge in [-0.1, -0.05) is 41.7 Å². The highest BCUT2D eigenvalue weighted by atomic mass is 35.5. The third-order valence-electron chi connectivity index (χ3n) is 3.98. The van der Waals surface area contributed by atoms with Crippen molar-refractivity contribution in [1.82, 2.24) is 10.5 Å². The smallest absolute Gasteiger partial charge is 0.257 e. The minimum Gasteiger partial charge on any atom is -0.391 e. The van der Waals surface area contributed by atoms with Gasteiger partial charge in [0.1, 0.15) is 17.5 Å². The Bertz CT molecular complexity index is 654. The molecule has 1 aliphatic rings. The van der Waals surface area contributed by atoms with Gasteiger partial charge >= 0.3 is 0 Å². The first kappa shape index (κ1) is 15.1. The van der Waals surface area contributed by atoms with Crippen LogP contribution in [0, 0.1) is 0 Å².